The molecule has 1 aromatic rings. The fourth-order valence-electron chi connectivity index (χ4n) is 0.911. The van der Waals surface area contributed by atoms with Crippen molar-refractivity contribution in [2.24, 2.45) is 0 Å². The molecule has 0 aromatic heterocycles. The van der Waals surface area contributed by atoms with Gasteiger partial charge in [-0.3, -0.25) is 0 Å². The number of hydrogen-bond acceptors (Lipinski definition) is 1. The summed E-state index contributed by atoms with van der Waals surface area (Å²) >= 11 is 16.3. The summed E-state index contributed by atoms with van der Waals surface area (Å²) in [6, 6.07) is 9.63. The number of alkyl halides is 3. The first-order valence-corrected chi connectivity index (χ1v) is 5.61. The number of hydrogen-bond donors (Lipinski definition) is 1. The molecule has 0 aliphatic rings. The third-order valence-electron chi connectivity index (χ3n) is 1.69. The maximum atomic E-state index is 9.28. The van der Waals surface area contributed by atoms with Gasteiger partial charge in [-0.1, -0.05) is 77.0 Å². The topological polar surface area (TPSA) is 20.2 Å². The van der Waals surface area contributed by atoms with Crippen molar-refractivity contribution in [1.29, 1.82) is 0 Å². The second-order valence-electron chi connectivity index (χ2n) is 2.98. The smallest absolute Gasteiger partial charge is 0.227 e. The van der Waals surface area contributed by atoms with E-state index in [1.165, 1.54) is 0 Å². The van der Waals surface area contributed by atoms with Gasteiger partial charge in [0.05, 0.1) is 0 Å². The molecule has 0 saturated heterocycles. The zero-order valence-electron chi connectivity index (χ0n) is 8.20. The van der Waals surface area contributed by atoms with Gasteiger partial charge < -0.3 is 5.11 Å². The maximum Gasteiger partial charge on any atom is 0.227 e. The van der Waals surface area contributed by atoms with E-state index in [2.05, 4.69) is 11.8 Å². The molecule has 0 radical (unpaired) electrons. The van der Waals surface area contributed by atoms with Crippen molar-refractivity contribution >= 4 is 40.9 Å². The van der Waals surface area contributed by atoms with Gasteiger partial charge in [-0.05, 0) is 17.7 Å². The van der Waals surface area contributed by atoms with E-state index in [1.807, 2.05) is 30.3 Å². The number of halogens is 3. The summed E-state index contributed by atoms with van der Waals surface area (Å²) < 4.78 is -1.77. The van der Waals surface area contributed by atoms with Gasteiger partial charge in [0.2, 0.25) is 3.79 Å². The van der Waals surface area contributed by atoms with E-state index in [0.29, 0.717) is 0 Å². The highest BCUT2D eigenvalue weighted by Gasteiger charge is 2.28. The number of benzene rings is 1. The number of allylic oxidation sites excluding steroid dienone is 1. The van der Waals surface area contributed by atoms with E-state index >= 15 is 0 Å². The van der Waals surface area contributed by atoms with Gasteiger partial charge in [-0.15, -0.1) is 0 Å². The average molecular weight is 276 g/mol. The van der Waals surface area contributed by atoms with Gasteiger partial charge in [-0.2, -0.15) is 0 Å². The molecule has 0 aliphatic carbocycles. The molecule has 0 heterocycles. The highest BCUT2D eigenvalue weighted by atomic mass is 35.6. The van der Waals surface area contributed by atoms with E-state index < -0.39 is 9.90 Å². The van der Waals surface area contributed by atoms with E-state index in [-0.39, 0.29) is 0 Å². The lowest BCUT2D eigenvalue weighted by Gasteiger charge is -2.11. The summed E-state index contributed by atoms with van der Waals surface area (Å²) in [5.74, 6) is 5.02. The van der Waals surface area contributed by atoms with Crippen molar-refractivity contribution in [1.82, 2.24) is 0 Å². The molecule has 0 spiro atoms. The Kier molecular flexibility index (Phi) is 5.18. The first-order chi connectivity index (χ1) is 7.50. The molecule has 84 valence electrons. The van der Waals surface area contributed by atoms with Crippen LogP contribution in [0.3, 0.4) is 0 Å². The maximum absolute atomic E-state index is 9.28. The fraction of sp³-hybridized carbons (Fsp3) is 0.167. The zero-order valence-corrected chi connectivity index (χ0v) is 10.5. The van der Waals surface area contributed by atoms with E-state index in [0.717, 1.165) is 5.56 Å². The normalized spacial score (nSPS) is 13.2. The molecule has 4 heteroatoms. The molecule has 0 bridgehead atoms. The van der Waals surface area contributed by atoms with Crippen molar-refractivity contribution in [3.63, 3.8) is 0 Å². The van der Waals surface area contributed by atoms with Crippen molar-refractivity contribution in [3.05, 3.63) is 42.0 Å². The molecule has 0 fully saturated rings. The van der Waals surface area contributed by atoms with Gasteiger partial charge >= 0.3 is 0 Å². The van der Waals surface area contributed by atoms with E-state index in [9.17, 15) is 5.11 Å². The van der Waals surface area contributed by atoms with Crippen LogP contribution in [0.25, 0.3) is 6.08 Å². The molecular formula is C12H9Cl3O. The minimum absolute atomic E-state index is 1.01. The van der Waals surface area contributed by atoms with E-state index in [1.54, 1.807) is 12.2 Å². The highest BCUT2D eigenvalue weighted by molar-refractivity contribution is 6.68. The van der Waals surface area contributed by atoms with Crippen molar-refractivity contribution in [2.75, 3.05) is 0 Å². The lowest BCUT2D eigenvalue weighted by atomic mass is 10.2. The standard InChI is InChI=1S/C12H9Cl3O/c13-12(14,15)11(16)9-5-4-8-10-6-2-1-3-7-10/h1-4,6-8,11,16H. The van der Waals surface area contributed by atoms with Crippen LogP contribution in [0.2, 0.25) is 0 Å². The summed E-state index contributed by atoms with van der Waals surface area (Å²) in [4.78, 5) is 0. The lowest BCUT2D eigenvalue weighted by molar-refractivity contribution is 0.237. The second kappa shape index (κ2) is 6.18. The third-order valence-corrected chi connectivity index (χ3v) is 2.31. The molecule has 1 unspecified atom stereocenters. The van der Waals surface area contributed by atoms with Gasteiger partial charge in [0, 0.05) is 0 Å². The molecule has 16 heavy (non-hydrogen) atoms. The Balaban J connectivity index is 2.59. The Morgan fingerprint density at radius 2 is 1.81 bits per heavy atom. The van der Waals surface area contributed by atoms with Crippen molar-refractivity contribution in [2.45, 2.75) is 9.90 Å². The lowest BCUT2D eigenvalue weighted by Crippen LogP contribution is -2.22. The first-order valence-electron chi connectivity index (χ1n) is 4.47. The predicted octanol–water partition coefficient (Wildman–Crippen LogP) is 3.43. The molecule has 0 aliphatic heterocycles. The molecule has 1 atom stereocenters. The average Bonchev–Trinajstić information content (AvgIpc) is 2.24. The largest absolute Gasteiger partial charge is 0.376 e. The number of aliphatic hydroxyl groups excluding tert-OH is 1. The van der Waals surface area contributed by atoms with Crippen molar-refractivity contribution < 1.29 is 5.11 Å². The van der Waals surface area contributed by atoms with Gasteiger partial charge in [0.25, 0.3) is 0 Å². The second-order valence-corrected chi connectivity index (χ2v) is 5.35. The van der Waals surface area contributed by atoms with Crippen LogP contribution in [-0.2, 0) is 0 Å². The van der Waals surface area contributed by atoms with Crippen LogP contribution in [0, 0.1) is 11.8 Å². The van der Waals surface area contributed by atoms with E-state index in [4.69, 9.17) is 34.8 Å². The Bertz CT molecular complexity index is 409. The predicted molar refractivity (Wildman–Crippen MR) is 69.5 cm³/mol. The fourth-order valence-corrected chi connectivity index (χ4v) is 1.07. The van der Waals surface area contributed by atoms with Crippen LogP contribution in [0.5, 0.6) is 0 Å². The highest BCUT2D eigenvalue weighted by Crippen LogP contribution is 2.29. The van der Waals surface area contributed by atoms with Crippen LogP contribution in [0.1, 0.15) is 5.56 Å². The number of aliphatic hydroxyl groups is 1. The Morgan fingerprint density at radius 3 is 2.38 bits per heavy atom. The number of rotatable bonds is 1. The Morgan fingerprint density at radius 1 is 1.19 bits per heavy atom. The molecular weight excluding hydrogens is 266 g/mol. The Labute approximate surface area is 110 Å². The van der Waals surface area contributed by atoms with Crippen LogP contribution in [-0.4, -0.2) is 15.0 Å². The SMILES string of the molecule is OC(C#CC=Cc1ccccc1)C(Cl)(Cl)Cl. The van der Waals surface area contributed by atoms with Gasteiger partial charge in [0.15, 0.2) is 6.10 Å². The van der Waals surface area contributed by atoms with Crippen LogP contribution in [0.4, 0.5) is 0 Å². The van der Waals surface area contributed by atoms with Gasteiger partial charge in [-0.25, -0.2) is 0 Å². The zero-order chi connectivity index (χ0) is 12.0. The van der Waals surface area contributed by atoms with Crippen LogP contribution >= 0.6 is 34.8 Å². The third kappa shape index (κ3) is 4.92. The molecule has 1 nitrogen and oxygen atoms in total. The molecule has 1 aromatic carbocycles. The van der Waals surface area contributed by atoms with Crippen LogP contribution < -0.4 is 0 Å². The summed E-state index contributed by atoms with van der Waals surface area (Å²) in [6.07, 6.45) is 2.10. The summed E-state index contributed by atoms with van der Waals surface area (Å²) in [6.45, 7) is 0. The first kappa shape index (κ1) is 13.4. The summed E-state index contributed by atoms with van der Waals surface area (Å²) in [5, 5.41) is 9.28. The summed E-state index contributed by atoms with van der Waals surface area (Å²) in [7, 11) is 0. The molecule has 0 saturated carbocycles. The minimum Gasteiger partial charge on any atom is -0.376 e. The minimum atomic E-state index is -1.77. The Hall–Kier alpha value is -0.650. The van der Waals surface area contributed by atoms with Crippen molar-refractivity contribution in [3.8, 4) is 11.8 Å². The monoisotopic (exact) mass is 274 g/mol. The van der Waals surface area contributed by atoms with Crippen LogP contribution in [0.15, 0.2) is 36.4 Å². The quantitative estimate of drug-likeness (QED) is 0.615. The van der Waals surface area contributed by atoms with Gasteiger partial charge in [0.1, 0.15) is 0 Å². The summed E-state index contributed by atoms with van der Waals surface area (Å²) in [5.41, 5.74) is 1.01. The molecule has 1 rings (SSSR count). The molecule has 1 N–H and O–H groups in total. The molecule has 0 amide bonds.